The maximum Gasteiger partial charge on any atom is 0.248 e. The number of hydrogen-bond acceptors (Lipinski definition) is 5. The van der Waals surface area contributed by atoms with Crippen LogP contribution in [0.4, 0.5) is 0 Å². The zero-order valence-corrected chi connectivity index (χ0v) is 17.0. The fraction of sp³-hybridized carbons (Fsp3) is 0.667. The lowest BCUT2D eigenvalue weighted by molar-refractivity contribution is -0.137. The smallest absolute Gasteiger partial charge is 0.248 e. The maximum absolute atomic E-state index is 12.2. The zero-order valence-electron chi connectivity index (χ0n) is 17.0. The lowest BCUT2D eigenvalue weighted by Gasteiger charge is -2.43. The first-order chi connectivity index (χ1) is 12.9. The highest BCUT2D eigenvalue weighted by Crippen LogP contribution is 2.52. The summed E-state index contributed by atoms with van der Waals surface area (Å²) in [5, 5.41) is 11.5. The van der Waals surface area contributed by atoms with E-state index in [0.717, 1.165) is 25.9 Å². The molecule has 6 nitrogen and oxygen atoms in total. The molecule has 1 amide bonds. The number of benzene rings is 1. The van der Waals surface area contributed by atoms with Crippen molar-refractivity contribution in [1.29, 1.82) is 0 Å². The van der Waals surface area contributed by atoms with Crippen LogP contribution < -0.4 is 0 Å². The molecule has 0 radical (unpaired) electrons. The molecular weight excluding hydrogens is 342 g/mol. The van der Waals surface area contributed by atoms with Crippen molar-refractivity contribution in [1.82, 2.24) is 14.7 Å². The standard InChI is InChI=1S/C21H33N3O3/c1-22(2)13-14-23(3)19-16-7-5-6-8-17(16)21(20(19)26)9-11-24(12-10-21)18(25)15-27-4/h5-8,19-20,26H,9-15H2,1-4H3/t19-,20+/m0/s1. The van der Waals surface area contributed by atoms with Gasteiger partial charge in [-0.2, -0.15) is 0 Å². The van der Waals surface area contributed by atoms with Crippen LogP contribution in [0.25, 0.3) is 0 Å². The number of aliphatic hydroxyl groups is 1. The molecule has 1 aliphatic heterocycles. The van der Waals surface area contributed by atoms with Crippen molar-refractivity contribution in [2.45, 2.75) is 30.4 Å². The molecule has 1 fully saturated rings. The molecule has 1 spiro atoms. The van der Waals surface area contributed by atoms with E-state index < -0.39 is 6.10 Å². The first-order valence-corrected chi connectivity index (χ1v) is 9.80. The van der Waals surface area contributed by atoms with Gasteiger partial charge in [-0.05, 0) is 45.1 Å². The van der Waals surface area contributed by atoms with Crippen LogP contribution in [0.3, 0.4) is 0 Å². The third kappa shape index (κ3) is 3.76. The predicted octanol–water partition coefficient (Wildman–Crippen LogP) is 1.10. The number of likely N-dealkylation sites (tertiary alicyclic amines) is 1. The van der Waals surface area contributed by atoms with E-state index in [9.17, 15) is 9.90 Å². The van der Waals surface area contributed by atoms with Crippen molar-refractivity contribution < 1.29 is 14.6 Å². The SMILES string of the molecule is COCC(=O)N1CCC2(CC1)c1ccccc1[C@H](N(C)CCN(C)C)[C@H]2O. The van der Waals surface area contributed by atoms with E-state index in [-0.39, 0.29) is 24.0 Å². The summed E-state index contributed by atoms with van der Waals surface area (Å²) < 4.78 is 4.99. The highest BCUT2D eigenvalue weighted by Gasteiger charge is 2.53. The number of piperidine rings is 1. The number of fused-ring (bicyclic) bond motifs is 2. The molecule has 27 heavy (non-hydrogen) atoms. The van der Waals surface area contributed by atoms with Gasteiger partial charge in [0.25, 0.3) is 0 Å². The number of hydrogen-bond donors (Lipinski definition) is 1. The average molecular weight is 376 g/mol. The summed E-state index contributed by atoms with van der Waals surface area (Å²) in [5.74, 6) is 0.0350. The lowest BCUT2D eigenvalue weighted by atomic mass is 9.72. The van der Waals surface area contributed by atoms with Crippen molar-refractivity contribution in [2.24, 2.45) is 0 Å². The van der Waals surface area contributed by atoms with Gasteiger partial charge in [-0.3, -0.25) is 9.69 Å². The second kappa shape index (κ2) is 8.27. The number of methoxy groups -OCH3 is 1. The maximum atomic E-state index is 12.2. The number of ether oxygens (including phenoxy) is 1. The number of carbonyl (C=O) groups excluding carboxylic acids is 1. The molecule has 1 aromatic carbocycles. The van der Waals surface area contributed by atoms with E-state index in [1.807, 2.05) is 4.90 Å². The summed E-state index contributed by atoms with van der Waals surface area (Å²) in [6, 6.07) is 8.46. The quantitative estimate of drug-likeness (QED) is 0.807. The van der Waals surface area contributed by atoms with E-state index in [0.29, 0.717) is 13.1 Å². The molecule has 6 heteroatoms. The zero-order chi connectivity index (χ0) is 19.6. The summed E-state index contributed by atoms with van der Waals surface area (Å²) in [5.41, 5.74) is 2.23. The molecule has 1 heterocycles. The number of aliphatic hydroxyl groups excluding tert-OH is 1. The van der Waals surface area contributed by atoms with E-state index in [1.165, 1.54) is 11.1 Å². The Morgan fingerprint density at radius 2 is 1.89 bits per heavy atom. The van der Waals surface area contributed by atoms with E-state index in [4.69, 9.17) is 4.74 Å². The summed E-state index contributed by atoms with van der Waals surface area (Å²) >= 11 is 0. The molecule has 150 valence electrons. The van der Waals surface area contributed by atoms with Crippen molar-refractivity contribution in [3.63, 3.8) is 0 Å². The molecule has 1 saturated heterocycles. The molecule has 2 aliphatic rings. The molecule has 2 atom stereocenters. The van der Waals surface area contributed by atoms with Crippen molar-refractivity contribution >= 4 is 5.91 Å². The molecule has 0 unspecified atom stereocenters. The largest absolute Gasteiger partial charge is 0.390 e. The molecule has 0 aromatic heterocycles. The summed E-state index contributed by atoms with van der Waals surface area (Å²) in [6.45, 7) is 3.32. The van der Waals surface area contributed by atoms with Gasteiger partial charge in [0.05, 0.1) is 12.1 Å². The highest BCUT2D eigenvalue weighted by atomic mass is 16.5. The Labute approximate surface area is 162 Å². The van der Waals surface area contributed by atoms with Crippen LogP contribution in [0.1, 0.15) is 30.0 Å². The molecule has 0 saturated carbocycles. The third-order valence-electron chi connectivity index (χ3n) is 6.33. The van der Waals surface area contributed by atoms with E-state index in [1.54, 1.807) is 7.11 Å². The van der Waals surface area contributed by atoms with Crippen LogP contribution in [-0.4, -0.2) is 92.9 Å². The van der Waals surface area contributed by atoms with E-state index in [2.05, 4.69) is 55.2 Å². The minimum Gasteiger partial charge on any atom is -0.390 e. The minimum absolute atomic E-state index is 0.00220. The van der Waals surface area contributed by atoms with Gasteiger partial charge < -0.3 is 19.6 Å². The van der Waals surface area contributed by atoms with Crippen LogP contribution >= 0.6 is 0 Å². The van der Waals surface area contributed by atoms with Crippen LogP contribution in [0.5, 0.6) is 0 Å². The Balaban J connectivity index is 1.82. The molecule has 1 aromatic rings. The van der Waals surface area contributed by atoms with Gasteiger partial charge in [-0.15, -0.1) is 0 Å². The normalized spacial score (nSPS) is 24.0. The second-order valence-electron chi connectivity index (χ2n) is 8.23. The summed E-state index contributed by atoms with van der Waals surface area (Å²) in [4.78, 5) is 18.5. The fourth-order valence-electron chi connectivity index (χ4n) is 4.75. The van der Waals surface area contributed by atoms with Gasteiger partial charge in [-0.25, -0.2) is 0 Å². The Bertz CT molecular complexity index is 656. The van der Waals surface area contributed by atoms with Gasteiger partial charge in [0.2, 0.25) is 5.91 Å². The molecular formula is C21H33N3O3. The second-order valence-corrected chi connectivity index (χ2v) is 8.23. The Kier molecular flexibility index (Phi) is 6.21. The van der Waals surface area contributed by atoms with Gasteiger partial charge in [0, 0.05) is 38.7 Å². The van der Waals surface area contributed by atoms with Crippen LogP contribution in [0.15, 0.2) is 24.3 Å². The van der Waals surface area contributed by atoms with Crippen molar-refractivity contribution in [3.8, 4) is 0 Å². The summed E-state index contributed by atoms with van der Waals surface area (Å²) in [6.07, 6.45) is 1.12. The van der Waals surface area contributed by atoms with Crippen molar-refractivity contribution in [2.75, 3.05) is 61.0 Å². The number of amides is 1. The monoisotopic (exact) mass is 375 g/mol. The number of likely N-dealkylation sites (N-methyl/N-ethyl adjacent to an activating group) is 2. The number of nitrogens with zero attached hydrogens (tertiary/aromatic N) is 3. The molecule has 1 N–H and O–H groups in total. The minimum atomic E-state index is -0.457. The Morgan fingerprint density at radius 3 is 2.52 bits per heavy atom. The summed E-state index contributed by atoms with van der Waals surface area (Å²) in [7, 11) is 7.79. The number of carbonyl (C=O) groups is 1. The lowest BCUT2D eigenvalue weighted by Crippen LogP contribution is -2.51. The van der Waals surface area contributed by atoms with Crippen molar-refractivity contribution in [3.05, 3.63) is 35.4 Å². The average Bonchev–Trinajstić information content (AvgIpc) is 2.89. The molecule has 0 bridgehead atoms. The predicted molar refractivity (Wildman–Crippen MR) is 106 cm³/mol. The van der Waals surface area contributed by atoms with Crippen LogP contribution in [-0.2, 0) is 14.9 Å². The first-order valence-electron chi connectivity index (χ1n) is 9.80. The van der Waals surface area contributed by atoms with Gasteiger partial charge in [0.1, 0.15) is 6.61 Å². The molecule has 1 aliphatic carbocycles. The molecule has 3 rings (SSSR count). The van der Waals surface area contributed by atoms with Crippen LogP contribution in [0.2, 0.25) is 0 Å². The van der Waals surface area contributed by atoms with Gasteiger partial charge in [0.15, 0.2) is 0 Å². The Morgan fingerprint density at radius 1 is 1.22 bits per heavy atom. The third-order valence-corrected chi connectivity index (χ3v) is 6.33. The van der Waals surface area contributed by atoms with Gasteiger partial charge >= 0.3 is 0 Å². The first kappa shape index (κ1) is 20.3. The highest BCUT2D eigenvalue weighted by molar-refractivity contribution is 5.77. The fourth-order valence-corrected chi connectivity index (χ4v) is 4.75. The Hall–Kier alpha value is -1.47. The number of rotatable bonds is 6. The topological polar surface area (TPSA) is 56.2 Å². The van der Waals surface area contributed by atoms with Crippen LogP contribution in [0, 0.1) is 0 Å². The van der Waals surface area contributed by atoms with E-state index >= 15 is 0 Å². The van der Waals surface area contributed by atoms with Gasteiger partial charge in [-0.1, -0.05) is 24.3 Å².